The molecule has 2 aliphatic rings. The summed E-state index contributed by atoms with van der Waals surface area (Å²) in [5.41, 5.74) is 0.267. The van der Waals surface area contributed by atoms with Crippen LogP contribution in [0.15, 0.2) is 21.5 Å². The molecule has 1 saturated heterocycles. The van der Waals surface area contributed by atoms with Crippen LogP contribution in [0.1, 0.15) is 40.3 Å². The molecule has 3 amide bonds. The van der Waals surface area contributed by atoms with Crippen LogP contribution >= 0.6 is 23.1 Å². The molecule has 43 heavy (non-hydrogen) atoms. The maximum absolute atomic E-state index is 13.3. The summed E-state index contributed by atoms with van der Waals surface area (Å²) in [6.07, 6.45) is -3.83. The summed E-state index contributed by atoms with van der Waals surface area (Å²) >= 11 is 2.22. The number of oxime groups is 1. The Hall–Kier alpha value is -3.90. The molecule has 1 fully saturated rings. The minimum absolute atomic E-state index is 0.0144. The van der Waals surface area contributed by atoms with Crippen molar-refractivity contribution in [2.45, 2.75) is 70.6 Å². The minimum Gasteiger partial charge on any atom is -0.447 e. The fourth-order valence-electron chi connectivity index (χ4n) is 3.87. The number of methoxy groups -OCH3 is 1. The molecule has 0 saturated carbocycles. The quantitative estimate of drug-likeness (QED) is 0.0842. The fourth-order valence-corrected chi connectivity index (χ4v) is 5.76. The third-order valence-corrected chi connectivity index (χ3v) is 7.44. The molecule has 4 atom stereocenters. The number of carbonyl (C=O) groups is 5. The predicted octanol–water partition coefficient (Wildman–Crippen LogP) is 2.20. The van der Waals surface area contributed by atoms with Gasteiger partial charge >= 0.3 is 18.2 Å². The second kappa shape index (κ2) is 15.0. The maximum atomic E-state index is 13.3. The standard InChI is InChI=1S/C25H33N5O11S2/c1-11(2)38-24(34)28-23-26-15(10-43-23)16(29-37-7)19(31)27-17-20(32)30-18(14(8-36-6)9-42-21(17)30)22(33)40-13(5)41-25(35)39-12(3)4/h9-13,17-18,21H,8H2,1-7H3,(H,27,31)(H,26,28,34)/b29-16-/t13-,17-,18?,21-/m1/s1. The molecule has 0 spiro atoms. The Labute approximate surface area is 255 Å². The van der Waals surface area contributed by atoms with Gasteiger partial charge in [0.15, 0.2) is 16.9 Å². The van der Waals surface area contributed by atoms with Gasteiger partial charge in [0, 0.05) is 19.4 Å². The lowest BCUT2D eigenvalue weighted by Crippen LogP contribution is -2.74. The van der Waals surface area contributed by atoms with E-state index in [9.17, 15) is 24.0 Å². The highest BCUT2D eigenvalue weighted by Gasteiger charge is 2.56. The first-order valence-corrected chi connectivity index (χ1v) is 14.8. The SMILES string of the molecule is COCC1=CS[C@@H]2[C@H](NC(=O)/C(=N\OC)c3csc(NC(=O)OC(C)C)n3)C(=O)N2C1C(=O)O[C@@H](C)OC(=O)OC(C)C. The highest BCUT2D eigenvalue weighted by Crippen LogP contribution is 2.40. The summed E-state index contributed by atoms with van der Waals surface area (Å²) in [5.74, 6) is -2.22. The maximum Gasteiger partial charge on any atom is 0.511 e. The molecular weight excluding hydrogens is 610 g/mol. The lowest BCUT2D eigenvalue weighted by molar-refractivity contribution is -0.179. The van der Waals surface area contributed by atoms with Crippen LogP contribution in [0.3, 0.4) is 0 Å². The molecule has 3 rings (SSSR count). The van der Waals surface area contributed by atoms with Crippen LogP contribution in [0.25, 0.3) is 0 Å². The fraction of sp³-hybridized carbons (Fsp3) is 0.560. The Morgan fingerprint density at radius 2 is 1.74 bits per heavy atom. The molecule has 1 aromatic rings. The van der Waals surface area contributed by atoms with Gasteiger partial charge in [0.05, 0.1) is 18.8 Å². The van der Waals surface area contributed by atoms with Crippen molar-refractivity contribution in [1.29, 1.82) is 0 Å². The molecule has 3 heterocycles. The molecule has 0 aromatic carbocycles. The van der Waals surface area contributed by atoms with E-state index in [1.165, 1.54) is 43.2 Å². The number of thioether (sulfide) groups is 1. The highest BCUT2D eigenvalue weighted by molar-refractivity contribution is 8.03. The van der Waals surface area contributed by atoms with Gasteiger partial charge in [0.1, 0.15) is 24.2 Å². The molecule has 2 aliphatic heterocycles. The number of fused-ring (bicyclic) bond motifs is 1. The number of nitrogens with one attached hydrogen (secondary N) is 2. The number of hydrogen-bond acceptors (Lipinski definition) is 15. The van der Waals surface area contributed by atoms with Gasteiger partial charge in [-0.25, -0.2) is 19.4 Å². The Bertz CT molecular complexity index is 1280. The van der Waals surface area contributed by atoms with E-state index in [1.807, 2.05) is 0 Å². The number of esters is 1. The number of anilines is 1. The van der Waals surface area contributed by atoms with Gasteiger partial charge in [0.25, 0.3) is 5.91 Å². The van der Waals surface area contributed by atoms with E-state index in [4.69, 9.17) is 28.5 Å². The smallest absolute Gasteiger partial charge is 0.447 e. The number of aromatic nitrogens is 1. The van der Waals surface area contributed by atoms with Crippen molar-refractivity contribution in [2.75, 3.05) is 26.1 Å². The molecule has 2 N–H and O–H groups in total. The predicted molar refractivity (Wildman–Crippen MR) is 153 cm³/mol. The molecule has 0 bridgehead atoms. The van der Waals surface area contributed by atoms with Crippen molar-refractivity contribution in [2.24, 2.45) is 5.16 Å². The third kappa shape index (κ3) is 8.57. The van der Waals surface area contributed by atoms with Gasteiger partial charge in [-0.15, -0.1) is 23.1 Å². The van der Waals surface area contributed by atoms with E-state index in [1.54, 1.807) is 33.1 Å². The van der Waals surface area contributed by atoms with E-state index in [-0.39, 0.29) is 29.2 Å². The van der Waals surface area contributed by atoms with Crippen molar-refractivity contribution >= 4 is 64.0 Å². The number of amides is 3. The topological polar surface area (TPSA) is 193 Å². The Morgan fingerprint density at radius 3 is 2.37 bits per heavy atom. The number of carbonyl (C=O) groups excluding carboxylic acids is 5. The lowest BCUT2D eigenvalue weighted by Gasteiger charge is -2.51. The van der Waals surface area contributed by atoms with Crippen LogP contribution in [0.2, 0.25) is 0 Å². The Kier molecular flexibility index (Phi) is 11.7. The van der Waals surface area contributed by atoms with E-state index in [0.717, 1.165) is 11.3 Å². The first-order valence-electron chi connectivity index (χ1n) is 12.9. The Morgan fingerprint density at radius 1 is 1.05 bits per heavy atom. The van der Waals surface area contributed by atoms with Gasteiger partial charge in [-0.2, -0.15) is 0 Å². The number of hydrogen-bond donors (Lipinski definition) is 2. The largest absolute Gasteiger partial charge is 0.511 e. The van der Waals surface area contributed by atoms with Crippen molar-refractivity contribution in [1.82, 2.24) is 15.2 Å². The molecule has 0 aliphatic carbocycles. The van der Waals surface area contributed by atoms with E-state index < -0.39 is 59.9 Å². The zero-order valence-corrected chi connectivity index (χ0v) is 26.1. The van der Waals surface area contributed by atoms with Crippen LogP contribution in [0.4, 0.5) is 14.7 Å². The molecule has 18 heteroatoms. The first kappa shape index (κ1) is 33.6. The molecule has 1 aromatic heterocycles. The monoisotopic (exact) mass is 643 g/mol. The number of ether oxygens (including phenoxy) is 5. The summed E-state index contributed by atoms with van der Waals surface area (Å²) in [4.78, 5) is 73.6. The molecule has 16 nitrogen and oxygen atoms in total. The number of β-lactam (4-membered cyclic amide) rings is 1. The van der Waals surface area contributed by atoms with Crippen LogP contribution < -0.4 is 10.6 Å². The van der Waals surface area contributed by atoms with Gasteiger partial charge < -0.3 is 38.7 Å². The summed E-state index contributed by atoms with van der Waals surface area (Å²) in [7, 11) is 2.66. The van der Waals surface area contributed by atoms with Gasteiger partial charge in [-0.05, 0) is 38.7 Å². The summed E-state index contributed by atoms with van der Waals surface area (Å²) in [6.45, 7) is 7.99. The van der Waals surface area contributed by atoms with E-state index in [2.05, 4.69) is 20.8 Å². The first-order chi connectivity index (χ1) is 20.4. The zero-order valence-electron chi connectivity index (χ0n) is 24.5. The van der Waals surface area contributed by atoms with Crippen molar-refractivity contribution in [3.05, 3.63) is 22.1 Å². The second-order valence-electron chi connectivity index (χ2n) is 9.53. The third-order valence-electron chi connectivity index (χ3n) is 5.46. The van der Waals surface area contributed by atoms with Crippen LogP contribution in [0.5, 0.6) is 0 Å². The van der Waals surface area contributed by atoms with Gasteiger partial charge in [-0.3, -0.25) is 14.9 Å². The summed E-state index contributed by atoms with van der Waals surface area (Å²) in [5, 5.41) is 11.4. The second-order valence-corrected chi connectivity index (χ2v) is 11.4. The molecule has 0 radical (unpaired) electrons. The highest BCUT2D eigenvalue weighted by atomic mass is 32.2. The number of nitrogens with zero attached hydrogens (tertiary/aromatic N) is 3. The number of thiazole rings is 1. The van der Waals surface area contributed by atoms with Gasteiger partial charge in [-0.1, -0.05) is 5.16 Å². The van der Waals surface area contributed by atoms with Crippen LogP contribution in [-0.4, -0.2) is 102 Å². The van der Waals surface area contributed by atoms with Crippen molar-refractivity contribution < 1.29 is 52.5 Å². The molecular formula is C25H33N5O11S2. The minimum atomic E-state index is -1.31. The summed E-state index contributed by atoms with van der Waals surface area (Å²) < 4.78 is 25.3. The number of rotatable bonds is 12. The van der Waals surface area contributed by atoms with Gasteiger partial charge in [0.2, 0.25) is 12.2 Å². The van der Waals surface area contributed by atoms with Crippen molar-refractivity contribution in [3.63, 3.8) is 0 Å². The lowest BCUT2D eigenvalue weighted by atomic mass is 9.98. The average Bonchev–Trinajstić information content (AvgIpc) is 3.36. The molecule has 1 unspecified atom stereocenters. The van der Waals surface area contributed by atoms with E-state index in [0.29, 0.717) is 5.57 Å². The summed E-state index contributed by atoms with van der Waals surface area (Å²) in [6, 6.07) is -2.23. The normalized spacial score (nSPS) is 20.3. The zero-order chi connectivity index (χ0) is 31.8. The van der Waals surface area contributed by atoms with Crippen LogP contribution in [-0.2, 0) is 42.9 Å². The average molecular weight is 644 g/mol. The Balaban J connectivity index is 1.71. The van der Waals surface area contributed by atoms with E-state index >= 15 is 0 Å². The molecule has 236 valence electrons. The van der Waals surface area contributed by atoms with Crippen LogP contribution in [0, 0.1) is 0 Å². The van der Waals surface area contributed by atoms with Crippen molar-refractivity contribution in [3.8, 4) is 0 Å².